The molecule has 0 aromatic heterocycles. The molecule has 0 bridgehead atoms. The van der Waals surface area contributed by atoms with Crippen LogP contribution in [0, 0.1) is 11.8 Å². The number of hydrogen-bond donors (Lipinski definition) is 0. The summed E-state index contributed by atoms with van der Waals surface area (Å²) < 4.78 is 5.43. The average molecular weight is 181 g/mol. The number of ether oxygens (including phenoxy) is 1. The van der Waals surface area contributed by atoms with Crippen molar-refractivity contribution in [3.05, 3.63) is 10.4 Å². The van der Waals surface area contributed by atoms with Gasteiger partial charge in [-0.2, -0.15) is 0 Å². The summed E-state index contributed by atoms with van der Waals surface area (Å²) in [5, 5.41) is 3.50. The molecule has 4 heteroatoms. The molecule has 13 heavy (non-hydrogen) atoms. The largest absolute Gasteiger partial charge is 0.374 e. The minimum atomic E-state index is -0.380. The maximum absolute atomic E-state index is 8.23. The van der Waals surface area contributed by atoms with E-state index in [9.17, 15) is 0 Å². The molecule has 72 valence electrons. The molecular formula is C9H15N3O. The van der Waals surface area contributed by atoms with Gasteiger partial charge in [-0.05, 0) is 33.2 Å². The van der Waals surface area contributed by atoms with Crippen molar-refractivity contribution in [2.24, 2.45) is 5.11 Å². The van der Waals surface area contributed by atoms with Crippen molar-refractivity contribution in [2.45, 2.75) is 39.3 Å². The lowest BCUT2D eigenvalue weighted by Crippen LogP contribution is -2.24. The van der Waals surface area contributed by atoms with Crippen molar-refractivity contribution < 1.29 is 4.74 Å². The van der Waals surface area contributed by atoms with Crippen LogP contribution in [0.1, 0.15) is 27.7 Å². The van der Waals surface area contributed by atoms with Gasteiger partial charge in [-0.3, -0.25) is 0 Å². The Labute approximate surface area is 78.9 Å². The molecule has 1 atom stereocenters. The quantitative estimate of drug-likeness (QED) is 0.285. The first-order valence-corrected chi connectivity index (χ1v) is 4.10. The second kappa shape index (κ2) is 5.47. The van der Waals surface area contributed by atoms with Crippen molar-refractivity contribution in [3.63, 3.8) is 0 Å². The van der Waals surface area contributed by atoms with E-state index in [4.69, 9.17) is 10.3 Å². The summed E-state index contributed by atoms with van der Waals surface area (Å²) >= 11 is 0. The zero-order chi connectivity index (χ0) is 10.3. The zero-order valence-electron chi connectivity index (χ0n) is 8.53. The third-order valence-corrected chi connectivity index (χ3v) is 1.18. The van der Waals surface area contributed by atoms with E-state index < -0.39 is 0 Å². The lowest BCUT2D eigenvalue weighted by Gasteiger charge is -2.20. The third kappa shape index (κ3) is 7.20. The number of azide groups is 1. The first-order valence-electron chi connectivity index (χ1n) is 4.10. The average Bonchev–Trinajstić information content (AvgIpc) is 2.00. The standard InChI is InChI=1S/C9H15N3O/c1-5-6-8(11-12-10)7-13-9(2,3)4/h8H,7H2,1-4H3/t8-/m0/s1. The molecule has 0 aromatic carbocycles. The number of nitrogens with zero attached hydrogens (tertiary/aromatic N) is 3. The van der Waals surface area contributed by atoms with E-state index in [2.05, 4.69) is 21.9 Å². The highest BCUT2D eigenvalue weighted by molar-refractivity contribution is 5.05. The van der Waals surface area contributed by atoms with Gasteiger partial charge in [-0.25, -0.2) is 0 Å². The molecule has 0 radical (unpaired) electrons. The molecule has 0 aliphatic carbocycles. The topological polar surface area (TPSA) is 58.0 Å². The van der Waals surface area contributed by atoms with Crippen LogP contribution in [0.5, 0.6) is 0 Å². The van der Waals surface area contributed by atoms with E-state index in [0.717, 1.165) is 0 Å². The van der Waals surface area contributed by atoms with Crippen molar-refractivity contribution >= 4 is 0 Å². The monoisotopic (exact) mass is 181 g/mol. The first-order chi connectivity index (χ1) is 5.99. The van der Waals surface area contributed by atoms with Gasteiger partial charge in [-0.15, -0.1) is 5.92 Å². The fourth-order valence-electron chi connectivity index (χ4n) is 0.662. The second-order valence-corrected chi connectivity index (χ2v) is 3.54. The van der Waals surface area contributed by atoms with Crippen LogP contribution in [-0.4, -0.2) is 18.2 Å². The van der Waals surface area contributed by atoms with Gasteiger partial charge in [0.15, 0.2) is 0 Å². The van der Waals surface area contributed by atoms with Gasteiger partial charge in [0.25, 0.3) is 0 Å². The Morgan fingerprint density at radius 2 is 2.15 bits per heavy atom. The summed E-state index contributed by atoms with van der Waals surface area (Å²) in [7, 11) is 0. The molecule has 0 amide bonds. The summed E-state index contributed by atoms with van der Waals surface area (Å²) in [6.45, 7) is 7.88. The zero-order valence-corrected chi connectivity index (χ0v) is 8.53. The van der Waals surface area contributed by atoms with E-state index in [0.29, 0.717) is 6.61 Å². The fraction of sp³-hybridized carbons (Fsp3) is 0.778. The van der Waals surface area contributed by atoms with Crippen LogP contribution in [0.15, 0.2) is 5.11 Å². The van der Waals surface area contributed by atoms with Gasteiger partial charge in [0, 0.05) is 4.91 Å². The van der Waals surface area contributed by atoms with Crippen LogP contribution < -0.4 is 0 Å². The fourth-order valence-corrected chi connectivity index (χ4v) is 0.662. The molecule has 0 saturated carbocycles. The highest BCUT2D eigenvalue weighted by Gasteiger charge is 2.12. The van der Waals surface area contributed by atoms with Crippen molar-refractivity contribution in [3.8, 4) is 11.8 Å². The van der Waals surface area contributed by atoms with Gasteiger partial charge in [0.1, 0.15) is 6.04 Å². The molecular weight excluding hydrogens is 166 g/mol. The van der Waals surface area contributed by atoms with E-state index >= 15 is 0 Å². The third-order valence-electron chi connectivity index (χ3n) is 1.18. The van der Waals surface area contributed by atoms with E-state index in [-0.39, 0.29) is 11.6 Å². The van der Waals surface area contributed by atoms with Crippen LogP contribution in [0.25, 0.3) is 10.4 Å². The Morgan fingerprint density at radius 3 is 2.54 bits per heavy atom. The molecule has 0 unspecified atom stereocenters. The van der Waals surface area contributed by atoms with E-state index in [1.165, 1.54) is 0 Å². The summed E-state index contributed by atoms with van der Waals surface area (Å²) in [5.41, 5.74) is 8.00. The molecule has 0 aromatic rings. The van der Waals surface area contributed by atoms with Crippen LogP contribution in [0.2, 0.25) is 0 Å². The molecule has 0 heterocycles. The predicted molar refractivity (Wildman–Crippen MR) is 52.1 cm³/mol. The maximum atomic E-state index is 8.23. The van der Waals surface area contributed by atoms with Gasteiger partial charge in [0.2, 0.25) is 0 Å². The normalized spacial score (nSPS) is 12.3. The van der Waals surface area contributed by atoms with Crippen molar-refractivity contribution in [1.29, 1.82) is 0 Å². The molecule has 0 spiro atoms. The molecule has 0 saturated heterocycles. The molecule has 4 nitrogen and oxygen atoms in total. The summed E-state index contributed by atoms with van der Waals surface area (Å²) in [6.07, 6.45) is 0. The summed E-state index contributed by atoms with van der Waals surface area (Å²) in [5.74, 6) is 5.45. The molecule has 0 aliphatic rings. The lowest BCUT2D eigenvalue weighted by molar-refractivity contribution is -0.00421. The van der Waals surface area contributed by atoms with Gasteiger partial charge < -0.3 is 4.74 Å². The lowest BCUT2D eigenvalue weighted by atomic mass is 10.2. The van der Waals surface area contributed by atoms with Crippen LogP contribution in [0.4, 0.5) is 0 Å². The van der Waals surface area contributed by atoms with Gasteiger partial charge in [-0.1, -0.05) is 11.0 Å². The minimum absolute atomic E-state index is 0.224. The van der Waals surface area contributed by atoms with Crippen LogP contribution >= 0.6 is 0 Å². The predicted octanol–water partition coefficient (Wildman–Crippen LogP) is 2.50. The Hall–Kier alpha value is -1.17. The SMILES string of the molecule is CC#C[C@@H](COC(C)(C)C)N=[N+]=[N-]. The van der Waals surface area contributed by atoms with Crippen molar-refractivity contribution in [2.75, 3.05) is 6.61 Å². The highest BCUT2D eigenvalue weighted by atomic mass is 16.5. The van der Waals surface area contributed by atoms with Gasteiger partial charge in [0.05, 0.1) is 12.2 Å². The Bertz CT molecular complexity index is 250. The van der Waals surface area contributed by atoms with Crippen LogP contribution in [-0.2, 0) is 4.74 Å². The molecule has 0 aliphatic heterocycles. The Kier molecular flexibility index (Phi) is 4.98. The Morgan fingerprint density at radius 1 is 1.54 bits per heavy atom. The van der Waals surface area contributed by atoms with Crippen molar-refractivity contribution in [1.82, 2.24) is 0 Å². The summed E-state index contributed by atoms with van der Waals surface area (Å²) in [4.78, 5) is 2.70. The minimum Gasteiger partial charge on any atom is -0.374 e. The maximum Gasteiger partial charge on any atom is 0.122 e. The first kappa shape index (κ1) is 11.8. The van der Waals surface area contributed by atoms with Gasteiger partial charge >= 0.3 is 0 Å². The second-order valence-electron chi connectivity index (χ2n) is 3.54. The van der Waals surface area contributed by atoms with Crippen LogP contribution in [0.3, 0.4) is 0 Å². The number of hydrogen-bond acceptors (Lipinski definition) is 2. The Balaban J connectivity index is 4.10. The smallest absolute Gasteiger partial charge is 0.122 e. The number of rotatable bonds is 3. The molecule has 0 rings (SSSR count). The summed E-state index contributed by atoms with van der Waals surface area (Å²) in [6, 6.07) is -0.380. The molecule has 0 N–H and O–H groups in total. The highest BCUT2D eigenvalue weighted by Crippen LogP contribution is 2.07. The molecule has 0 fully saturated rings. The van der Waals surface area contributed by atoms with E-state index in [1.807, 2.05) is 20.8 Å². The van der Waals surface area contributed by atoms with E-state index in [1.54, 1.807) is 6.92 Å².